The highest BCUT2D eigenvalue weighted by Crippen LogP contribution is 2.26. The largest absolute Gasteiger partial charge is 0.370 e. The van der Waals surface area contributed by atoms with Gasteiger partial charge < -0.3 is 11.5 Å². The van der Waals surface area contributed by atoms with E-state index in [4.69, 9.17) is 11.5 Å². The fourth-order valence-electron chi connectivity index (χ4n) is 1.08. The van der Waals surface area contributed by atoms with E-state index < -0.39 is 5.91 Å². The normalized spacial score (nSPS) is 12.5. The van der Waals surface area contributed by atoms with Crippen molar-refractivity contribution in [3.05, 3.63) is 32.7 Å². The molecule has 1 amide bonds. The summed E-state index contributed by atoms with van der Waals surface area (Å²) in [7, 11) is 0. The van der Waals surface area contributed by atoms with Gasteiger partial charge in [-0.1, -0.05) is 6.07 Å². The van der Waals surface area contributed by atoms with Crippen molar-refractivity contribution < 1.29 is 4.79 Å². The number of hydrogen-bond acceptors (Lipinski definition) is 2. The van der Waals surface area contributed by atoms with E-state index in [-0.39, 0.29) is 12.5 Å². The van der Waals surface area contributed by atoms with E-state index in [1.807, 2.05) is 18.2 Å². The number of rotatable bonds is 3. The lowest BCUT2D eigenvalue weighted by atomic mass is 10.1. The van der Waals surface area contributed by atoms with Crippen molar-refractivity contribution in [3.8, 4) is 0 Å². The Morgan fingerprint density at radius 3 is 2.50 bits per heavy atom. The van der Waals surface area contributed by atoms with Gasteiger partial charge in [0.1, 0.15) is 0 Å². The Balaban J connectivity index is 2.85. The van der Waals surface area contributed by atoms with Crippen molar-refractivity contribution in [2.45, 2.75) is 12.5 Å². The summed E-state index contributed by atoms with van der Waals surface area (Å²) in [5.41, 5.74) is 11.7. The van der Waals surface area contributed by atoms with Crippen LogP contribution in [0.25, 0.3) is 0 Å². The second kappa shape index (κ2) is 4.91. The third-order valence-corrected chi connectivity index (χ3v) is 3.67. The van der Waals surface area contributed by atoms with E-state index in [0.29, 0.717) is 0 Å². The first kappa shape index (κ1) is 11.7. The molecule has 0 aliphatic carbocycles. The van der Waals surface area contributed by atoms with Crippen molar-refractivity contribution in [3.63, 3.8) is 0 Å². The van der Waals surface area contributed by atoms with Crippen LogP contribution in [0.1, 0.15) is 18.0 Å². The van der Waals surface area contributed by atoms with Crippen LogP contribution in [-0.4, -0.2) is 5.91 Å². The Bertz CT molecular complexity index is 355. The van der Waals surface area contributed by atoms with Gasteiger partial charge in [-0.3, -0.25) is 4.79 Å². The lowest BCUT2D eigenvalue weighted by Gasteiger charge is -2.10. The lowest BCUT2D eigenvalue weighted by Crippen LogP contribution is -2.20. The van der Waals surface area contributed by atoms with Gasteiger partial charge in [0.25, 0.3) is 0 Å². The van der Waals surface area contributed by atoms with Crippen molar-refractivity contribution in [1.29, 1.82) is 0 Å². The predicted molar refractivity (Wildman–Crippen MR) is 62.6 cm³/mol. The Labute approximate surface area is 99.1 Å². The fraction of sp³-hybridized carbons (Fsp3) is 0.222. The maximum Gasteiger partial charge on any atom is 0.219 e. The molecule has 1 atom stereocenters. The molecule has 76 valence electrons. The number of carbonyl (C=O) groups is 1. The minimum atomic E-state index is -0.392. The van der Waals surface area contributed by atoms with Crippen LogP contribution in [0, 0.1) is 0 Å². The summed E-state index contributed by atoms with van der Waals surface area (Å²) in [6, 6.07) is 5.28. The van der Waals surface area contributed by atoms with Gasteiger partial charge in [-0.2, -0.15) is 0 Å². The van der Waals surface area contributed by atoms with Crippen LogP contribution in [0.4, 0.5) is 0 Å². The smallest absolute Gasteiger partial charge is 0.219 e. The lowest BCUT2D eigenvalue weighted by molar-refractivity contribution is -0.118. The number of carbonyl (C=O) groups excluding carboxylic acids is 1. The molecule has 3 nitrogen and oxygen atoms in total. The summed E-state index contributed by atoms with van der Waals surface area (Å²) in [6.45, 7) is 0. The van der Waals surface area contributed by atoms with Crippen molar-refractivity contribution in [1.82, 2.24) is 0 Å². The number of halogens is 2. The monoisotopic (exact) mass is 320 g/mol. The van der Waals surface area contributed by atoms with Crippen LogP contribution in [-0.2, 0) is 4.79 Å². The van der Waals surface area contributed by atoms with Gasteiger partial charge in [0.2, 0.25) is 5.91 Å². The van der Waals surface area contributed by atoms with E-state index in [1.165, 1.54) is 0 Å². The molecule has 5 heteroatoms. The molecule has 0 aliphatic rings. The maximum absolute atomic E-state index is 10.7. The third-order valence-electron chi connectivity index (χ3n) is 1.79. The minimum absolute atomic E-state index is 0.161. The molecule has 1 aromatic rings. The van der Waals surface area contributed by atoms with Crippen LogP contribution in [0.5, 0.6) is 0 Å². The summed E-state index contributed by atoms with van der Waals surface area (Å²) in [4.78, 5) is 10.7. The first-order chi connectivity index (χ1) is 6.50. The molecule has 0 bridgehead atoms. The van der Waals surface area contributed by atoms with Crippen molar-refractivity contribution in [2.24, 2.45) is 11.5 Å². The van der Waals surface area contributed by atoms with Crippen LogP contribution in [0.2, 0.25) is 0 Å². The Kier molecular flexibility index (Phi) is 4.10. The molecule has 1 rings (SSSR count). The molecule has 14 heavy (non-hydrogen) atoms. The molecule has 1 unspecified atom stereocenters. The second-order valence-electron chi connectivity index (χ2n) is 2.95. The van der Waals surface area contributed by atoms with Crippen molar-refractivity contribution >= 4 is 37.8 Å². The zero-order chi connectivity index (χ0) is 10.7. The van der Waals surface area contributed by atoms with E-state index in [9.17, 15) is 4.79 Å². The van der Waals surface area contributed by atoms with Crippen LogP contribution in [0.3, 0.4) is 0 Å². The van der Waals surface area contributed by atoms with Gasteiger partial charge in [0, 0.05) is 21.4 Å². The Morgan fingerprint density at radius 2 is 2.00 bits per heavy atom. The summed E-state index contributed by atoms with van der Waals surface area (Å²) in [6.07, 6.45) is 0.161. The average Bonchev–Trinajstić information content (AvgIpc) is 2.08. The first-order valence-corrected chi connectivity index (χ1v) is 5.58. The molecular formula is C9H10Br2N2O. The molecule has 0 aromatic heterocycles. The van der Waals surface area contributed by atoms with Gasteiger partial charge in [0.05, 0.1) is 0 Å². The molecule has 0 aliphatic heterocycles. The van der Waals surface area contributed by atoms with E-state index in [2.05, 4.69) is 31.9 Å². The maximum atomic E-state index is 10.7. The van der Waals surface area contributed by atoms with Crippen molar-refractivity contribution in [2.75, 3.05) is 0 Å². The van der Waals surface area contributed by atoms with Gasteiger partial charge in [-0.25, -0.2) is 0 Å². The molecule has 0 radical (unpaired) electrons. The first-order valence-electron chi connectivity index (χ1n) is 3.99. The standard InChI is InChI=1S/C9H10Br2N2O/c10-6-2-1-5(3-7(6)11)8(12)4-9(13)14/h1-3,8H,4,12H2,(H2,13,14). The average molecular weight is 322 g/mol. The molecule has 0 fully saturated rings. The summed E-state index contributed by atoms with van der Waals surface area (Å²) < 4.78 is 1.86. The summed E-state index contributed by atoms with van der Waals surface area (Å²) >= 11 is 6.71. The molecule has 0 saturated heterocycles. The molecule has 1 aromatic carbocycles. The number of amides is 1. The second-order valence-corrected chi connectivity index (χ2v) is 4.66. The van der Waals surface area contributed by atoms with Gasteiger partial charge in [-0.05, 0) is 49.6 Å². The minimum Gasteiger partial charge on any atom is -0.370 e. The highest BCUT2D eigenvalue weighted by Gasteiger charge is 2.10. The number of benzene rings is 1. The fourth-order valence-corrected chi connectivity index (χ4v) is 1.72. The number of hydrogen-bond donors (Lipinski definition) is 2. The Morgan fingerprint density at radius 1 is 1.36 bits per heavy atom. The third kappa shape index (κ3) is 3.08. The van der Waals surface area contributed by atoms with Gasteiger partial charge in [-0.15, -0.1) is 0 Å². The summed E-state index contributed by atoms with van der Waals surface area (Å²) in [5.74, 6) is -0.392. The molecular weight excluding hydrogens is 312 g/mol. The SMILES string of the molecule is NC(=O)CC(N)c1ccc(Br)c(Br)c1. The highest BCUT2D eigenvalue weighted by molar-refractivity contribution is 9.13. The van der Waals surface area contributed by atoms with Gasteiger partial charge >= 0.3 is 0 Å². The number of nitrogens with two attached hydrogens (primary N) is 2. The Hall–Kier alpha value is -0.390. The summed E-state index contributed by atoms with van der Waals surface area (Å²) in [5, 5.41) is 0. The zero-order valence-electron chi connectivity index (χ0n) is 7.34. The molecule has 0 spiro atoms. The molecule has 0 heterocycles. The van der Waals surface area contributed by atoms with Crippen LogP contribution in [0.15, 0.2) is 27.1 Å². The topological polar surface area (TPSA) is 69.1 Å². The van der Waals surface area contributed by atoms with Gasteiger partial charge in [0.15, 0.2) is 0 Å². The molecule has 0 saturated carbocycles. The highest BCUT2D eigenvalue weighted by atomic mass is 79.9. The predicted octanol–water partition coefficient (Wildman–Crippen LogP) is 2.09. The molecule has 4 N–H and O–H groups in total. The van der Waals surface area contributed by atoms with Crippen LogP contribution < -0.4 is 11.5 Å². The van der Waals surface area contributed by atoms with E-state index >= 15 is 0 Å². The quantitative estimate of drug-likeness (QED) is 0.895. The van der Waals surface area contributed by atoms with E-state index in [0.717, 1.165) is 14.5 Å². The van der Waals surface area contributed by atoms with Crippen LogP contribution >= 0.6 is 31.9 Å². The number of primary amides is 1. The van der Waals surface area contributed by atoms with E-state index in [1.54, 1.807) is 0 Å². The zero-order valence-corrected chi connectivity index (χ0v) is 10.5.